The van der Waals surface area contributed by atoms with Crippen molar-refractivity contribution in [3.8, 4) is 11.5 Å². The minimum atomic E-state index is -0.463. The van der Waals surface area contributed by atoms with E-state index in [9.17, 15) is 10.1 Å². The lowest BCUT2D eigenvalue weighted by molar-refractivity contribution is -0.385. The van der Waals surface area contributed by atoms with E-state index in [2.05, 4.69) is 15.9 Å². The van der Waals surface area contributed by atoms with E-state index in [1.165, 1.54) is 6.07 Å². The van der Waals surface area contributed by atoms with Gasteiger partial charge in [0.25, 0.3) is 0 Å². The third-order valence-electron chi connectivity index (χ3n) is 2.77. The lowest BCUT2D eigenvalue weighted by Gasteiger charge is -2.11. The fourth-order valence-electron chi connectivity index (χ4n) is 1.78. The normalized spacial score (nSPS) is 10.3. The van der Waals surface area contributed by atoms with Crippen molar-refractivity contribution in [1.29, 1.82) is 0 Å². The van der Waals surface area contributed by atoms with Gasteiger partial charge in [0, 0.05) is 22.6 Å². The van der Waals surface area contributed by atoms with Crippen molar-refractivity contribution < 1.29 is 9.66 Å². The van der Waals surface area contributed by atoms with E-state index in [4.69, 9.17) is 10.5 Å². The first-order chi connectivity index (χ1) is 9.51. The first kappa shape index (κ1) is 14.5. The Labute approximate surface area is 124 Å². The predicted molar refractivity (Wildman–Crippen MR) is 79.9 cm³/mol. The molecule has 0 heterocycles. The van der Waals surface area contributed by atoms with Gasteiger partial charge in [-0.15, -0.1) is 0 Å². The molecular formula is C14H13BrN2O3. The molecule has 2 aromatic carbocycles. The fourth-order valence-corrected chi connectivity index (χ4v) is 2.19. The monoisotopic (exact) mass is 336 g/mol. The number of nitrogens with zero attached hydrogens (tertiary/aromatic N) is 1. The third kappa shape index (κ3) is 3.15. The summed E-state index contributed by atoms with van der Waals surface area (Å²) in [7, 11) is 0. The van der Waals surface area contributed by atoms with Gasteiger partial charge in [0.15, 0.2) is 0 Å². The van der Waals surface area contributed by atoms with Crippen LogP contribution in [-0.4, -0.2) is 4.92 Å². The van der Waals surface area contributed by atoms with E-state index in [0.29, 0.717) is 5.75 Å². The highest BCUT2D eigenvalue weighted by Gasteiger charge is 2.16. The molecule has 0 bridgehead atoms. The van der Waals surface area contributed by atoms with Crippen molar-refractivity contribution in [3.05, 3.63) is 62.1 Å². The predicted octanol–water partition coefficient (Wildman–Crippen LogP) is 3.92. The molecule has 2 aromatic rings. The van der Waals surface area contributed by atoms with Crippen molar-refractivity contribution in [2.45, 2.75) is 13.5 Å². The van der Waals surface area contributed by atoms with Crippen molar-refractivity contribution >= 4 is 21.6 Å². The molecule has 0 saturated carbocycles. The average molecular weight is 337 g/mol. The van der Waals surface area contributed by atoms with E-state index in [1.54, 1.807) is 24.3 Å². The summed E-state index contributed by atoms with van der Waals surface area (Å²) in [6.07, 6.45) is 0. The average Bonchev–Trinajstić information content (AvgIpc) is 2.40. The number of aryl methyl sites for hydroxylation is 1. The number of hydrogen-bond donors (Lipinski definition) is 1. The van der Waals surface area contributed by atoms with Crippen LogP contribution in [0.4, 0.5) is 5.69 Å². The number of nitro groups is 1. The van der Waals surface area contributed by atoms with Gasteiger partial charge >= 0.3 is 5.69 Å². The van der Waals surface area contributed by atoms with Gasteiger partial charge < -0.3 is 10.5 Å². The lowest BCUT2D eigenvalue weighted by Crippen LogP contribution is -2.01. The van der Waals surface area contributed by atoms with E-state index >= 15 is 0 Å². The number of halogens is 1. The molecule has 0 amide bonds. The van der Waals surface area contributed by atoms with Gasteiger partial charge in [-0.2, -0.15) is 0 Å². The summed E-state index contributed by atoms with van der Waals surface area (Å²) in [6, 6.07) is 10.1. The molecule has 0 saturated heterocycles. The fraction of sp³-hybridized carbons (Fsp3) is 0.143. The lowest BCUT2D eigenvalue weighted by atomic mass is 10.2. The highest BCUT2D eigenvalue weighted by atomic mass is 79.9. The molecule has 0 fully saturated rings. The molecule has 0 spiro atoms. The summed E-state index contributed by atoms with van der Waals surface area (Å²) < 4.78 is 6.56. The van der Waals surface area contributed by atoms with Crippen molar-refractivity contribution in [1.82, 2.24) is 0 Å². The van der Waals surface area contributed by atoms with Gasteiger partial charge in [-0.3, -0.25) is 10.1 Å². The van der Waals surface area contributed by atoms with Crippen LogP contribution < -0.4 is 10.5 Å². The molecule has 0 atom stereocenters. The summed E-state index contributed by atoms with van der Waals surface area (Å²) >= 11 is 3.35. The van der Waals surface area contributed by atoms with Crippen LogP contribution in [0.3, 0.4) is 0 Å². The van der Waals surface area contributed by atoms with Gasteiger partial charge in [-0.05, 0) is 36.8 Å². The van der Waals surface area contributed by atoms with Crippen LogP contribution in [-0.2, 0) is 6.54 Å². The zero-order valence-corrected chi connectivity index (χ0v) is 12.4. The molecule has 0 aromatic heterocycles. The summed E-state index contributed by atoms with van der Waals surface area (Å²) in [5, 5.41) is 11.0. The number of ether oxygens (including phenoxy) is 1. The van der Waals surface area contributed by atoms with Gasteiger partial charge in [0.1, 0.15) is 5.75 Å². The van der Waals surface area contributed by atoms with Crippen molar-refractivity contribution in [3.63, 3.8) is 0 Å². The van der Waals surface area contributed by atoms with Crippen LogP contribution in [0.2, 0.25) is 0 Å². The standard InChI is InChI=1S/C14H13BrN2O3/c1-9-2-4-12(17(18)19)14(6-9)20-13-5-3-11(15)7-10(13)8-16/h2-7H,8,16H2,1H3. The summed E-state index contributed by atoms with van der Waals surface area (Å²) in [5.74, 6) is 0.733. The SMILES string of the molecule is Cc1ccc([N+](=O)[O-])c(Oc2ccc(Br)cc2CN)c1. The maximum Gasteiger partial charge on any atom is 0.311 e. The van der Waals surface area contributed by atoms with E-state index in [-0.39, 0.29) is 18.0 Å². The molecule has 0 aliphatic carbocycles. The first-order valence-corrected chi connectivity index (χ1v) is 6.72. The Kier molecular flexibility index (Phi) is 4.36. The summed E-state index contributed by atoms with van der Waals surface area (Å²) in [5.41, 5.74) is 7.26. The molecule has 0 aliphatic heterocycles. The van der Waals surface area contributed by atoms with Gasteiger partial charge in [0.2, 0.25) is 5.75 Å². The molecule has 0 radical (unpaired) electrons. The Morgan fingerprint density at radius 3 is 2.65 bits per heavy atom. The second kappa shape index (κ2) is 6.02. The Bertz CT molecular complexity index is 659. The molecular weight excluding hydrogens is 324 g/mol. The van der Waals surface area contributed by atoms with Crippen LogP contribution in [0.5, 0.6) is 11.5 Å². The molecule has 20 heavy (non-hydrogen) atoms. The van der Waals surface area contributed by atoms with Crippen LogP contribution in [0.25, 0.3) is 0 Å². The number of benzene rings is 2. The van der Waals surface area contributed by atoms with E-state index in [1.807, 2.05) is 13.0 Å². The molecule has 6 heteroatoms. The minimum absolute atomic E-state index is 0.0681. The zero-order valence-electron chi connectivity index (χ0n) is 10.8. The second-order valence-electron chi connectivity index (χ2n) is 4.29. The minimum Gasteiger partial charge on any atom is -0.450 e. The number of rotatable bonds is 4. The Morgan fingerprint density at radius 2 is 2.00 bits per heavy atom. The maximum absolute atomic E-state index is 11.0. The van der Waals surface area contributed by atoms with Crippen LogP contribution in [0, 0.1) is 17.0 Å². The molecule has 2 N–H and O–H groups in total. The topological polar surface area (TPSA) is 78.4 Å². The Balaban J connectivity index is 2.44. The van der Waals surface area contributed by atoms with Crippen molar-refractivity contribution in [2.75, 3.05) is 0 Å². The zero-order chi connectivity index (χ0) is 14.7. The largest absolute Gasteiger partial charge is 0.450 e. The molecule has 104 valence electrons. The van der Waals surface area contributed by atoms with Gasteiger partial charge in [0.05, 0.1) is 4.92 Å². The number of nitro benzene ring substituents is 1. The smallest absolute Gasteiger partial charge is 0.311 e. The highest BCUT2D eigenvalue weighted by Crippen LogP contribution is 2.34. The molecule has 5 nitrogen and oxygen atoms in total. The Morgan fingerprint density at radius 1 is 1.25 bits per heavy atom. The number of hydrogen-bond acceptors (Lipinski definition) is 4. The van der Waals surface area contributed by atoms with Gasteiger partial charge in [-0.1, -0.05) is 22.0 Å². The van der Waals surface area contributed by atoms with Crippen LogP contribution >= 0.6 is 15.9 Å². The Hall–Kier alpha value is -1.92. The quantitative estimate of drug-likeness (QED) is 0.677. The molecule has 2 rings (SSSR count). The van der Waals surface area contributed by atoms with Crippen LogP contribution in [0.15, 0.2) is 40.9 Å². The van der Waals surface area contributed by atoms with E-state index < -0.39 is 4.92 Å². The third-order valence-corrected chi connectivity index (χ3v) is 3.27. The van der Waals surface area contributed by atoms with Crippen molar-refractivity contribution in [2.24, 2.45) is 5.73 Å². The first-order valence-electron chi connectivity index (χ1n) is 5.92. The van der Waals surface area contributed by atoms with E-state index in [0.717, 1.165) is 15.6 Å². The molecule has 0 unspecified atom stereocenters. The van der Waals surface area contributed by atoms with Gasteiger partial charge in [-0.25, -0.2) is 0 Å². The summed E-state index contributed by atoms with van der Waals surface area (Å²) in [4.78, 5) is 10.6. The summed E-state index contributed by atoms with van der Waals surface area (Å²) in [6.45, 7) is 2.14. The maximum atomic E-state index is 11.0. The second-order valence-corrected chi connectivity index (χ2v) is 5.20. The highest BCUT2D eigenvalue weighted by molar-refractivity contribution is 9.10. The molecule has 0 aliphatic rings. The number of nitrogens with two attached hydrogens (primary N) is 1. The van der Waals surface area contributed by atoms with Crippen LogP contribution in [0.1, 0.15) is 11.1 Å².